The number of nitrogens with one attached hydrogen (secondary N) is 1. The Kier molecular flexibility index (Phi) is 4.49. The van der Waals surface area contributed by atoms with Crippen LogP contribution in [-0.2, 0) is 0 Å². The first-order valence-electron chi connectivity index (χ1n) is 5.10. The third-order valence-electron chi connectivity index (χ3n) is 2.11. The molecule has 98 valence electrons. The highest BCUT2D eigenvalue weighted by molar-refractivity contribution is 9.13. The average Bonchev–Trinajstić information content (AvgIpc) is 2.68. The van der Waals surface area contributed by atoms with Crippen LogP contribution in [0.5, 0.6) is 0 Å². The zero-order valence-corrected chi connectivity index (χ0v) is 12.5. The molecular weight excluding hydrogens is 383 g/mol. The smallest absolute Gasteiger partial charge is 0.271 e. The summed E-state index contributed by atoms with van der Waals surface area (Å²) in [5, 5.41) is 3.72. The number of amides is 1. The van der Waals surface area contributed by atoms with Crippen LogP contribution in [0.1, 0.15) is 16.1 Å². The lowest BCUT2D eigenvalue weighted by Gasteiger charge is -1.98. The molecule has 0 aliphatic rings. The third-order valence-corrected chi connectivity index (χ3v) is 3.82. The van der Waals surface area contributed by atoms with Gasteiger partial charge in [0.1, 0.15) is 11.6 Å². The van der Waals surface area contributed by atoms with Crippen LogP contribution in [0.4, 0.5) is 4.39 Å². The van der Waals surface area contributed by atoms with Crippen LogP contribution in [0.15, 0.2) is 49.0 Å². The second-order valence-electron chi connectivity index (χ2n) is 3.48. The number of hydrazone groups is 1. The number of hydrogen-bond donors (Lipinski definition) is 1. The highest BCUT2D eigenvalue weighted by Gasteiger charge is 2.06. The van der Waals surface area contributed by atoms with Crippen molar-refractivity contribution in [3.8, 4) is 0 Å². The molecule has 0 radical (unpaired) electrons. The Hall–Kier alpha value is -1.47. The molecule has 0 fully saturated rings. The van der Waals surface area contributed by atoms with E-state index in [4.69, 9.17) is 4.42 Å². The number of rotatable bonds is 3. The predicted molar refractivity (Wildman–Crippen MR) is 75.6 cm³/mol. The number of halogens is 3. The predicted octanol–water partition coefficient (Wildman–Crippen LogP) is 3.71. The number of benzene rings is 1. The summed E-state index contributed by atoms with van der Waals surface area (Å²) in [6.07, 6.45) is 1.34. The van der Waals surface area contributed by atoms with Gasteiger partial charge in [0.25, 0.3) is 5.91 Å². The summed E-state index contributed by atoms with van der Waals surface area (Å²) in [7, 11) is 0. The topological polar surface area (TPSA) is 54.6 Å². The van der Waals surface area contributed by atoms with Crippen LogP contribution in [-0.4, -0.2) is 12.1 Å². The first-order chi connectivity index (χ1) is 9.06. The Balaban J connectivity index is 2.00. The molecule has 7 heteroatoms. The van der Waals surface area contributed by atoms with Gasteiger partial charge in [0, 0.05) is 11.6 Å². The van der Waals surface area contributed by atoms with Crippen molar-refractivity contribution in [1.82, 2.24) is 5.43 Å². The molecule has 0 bridgehead atoms. The van der Waals surface area contributed by atoms with E-state index in [1.165, 1.54) is 24.4 Å². The molecule has 1 amide bonds. The Bertz CT molecular complexity index is 621. The van der Waals surface area contributed by atoms with E-state index in [1.54, 1.807) is 6.07 Å². The molecule has 0 saturated carbocycles. The summed E-state index contributed by atoms with van der Waals surface area (Å²) in [6.45, 7) is 0. The fraction of sp³-hybridized carbons (Fsp3) is 0. The lowest BCUT2D eigenvalue weighted by Crippen LogP contribution is -2.17. The molecule has 0 aliphatic carbocycles. The Labute approximate surface area is 124 Å². The molecule has 1 aromatic carbocycles. The van der Waals surface area contributed by atoms with Crippen molar-refractivity contribution < 1.29 is 13.6 Å². The molecule has 1 N–H and O–H groups in total. The summed E-state index contributed by atoms with van der Waals surface area (Å²) in [5.74, 6) is -0.519. The Morgan fingerprint density at radius 1 is 1.37 bits per heavy atom. The molecule has 0 spiro atoms. The van der Waals surface area contributed by atoms with E-state index in [0.717, 1.165) is 10.5 Å². The van der Waals surface area contributed by atoms with Gasteiger partial charge in [-0.2, -0.15) is 5.10 Å². The van der Waals surface area contributed by atoms with Gasteiger partial charge in [-0.3, -0.25) is 4.79 Å². The van der Waals surface area contributed by atoms with Crippen molar-refractivity contribution in [2.24, 2.45) is 5.10 Å². The van der Waals surface area contributed by atoms with E-state index in [1.807, 2.05) is 0 Å². The highest BCUT2D eigenvalue weighted by atomic mass is 79.9. The maximum atomic E-state index is 12.9. The van der Waals surface area contributed by atoms with Crippen LogP contribution in [0.25, 0.3) is 0 Å². The van der Waals surface area contributed by atoms with Crippen LogP contribution >= 0.6 is 31.9 Å². The molecule has 0 atom stereocenters. The summed E-state index contributed by atoms with van der Waals surface area (Å²) in [6, 6.07) is 7.02. The van der Waals surface area contributed by atoms with Crippen molar-refractivity contribution >= 4 is 44.0 Å². The fourth-order valence-electron chi connectivity index (χ4n) is 1.28. The normalized spacial score (nSPS) is 10.9. The zero-order valence-electron chi connectivity index (χ0n) is 9.36. The largest absolute Gasteiger partial charge is 0.447 e. The molecule has 19 heavy (non-hydrogen) atoms. The molecule has 1 aromatic heterocycles. The van der Waals surface area contributed by atoms with Gasteiger partial charge in [-0.05, 0) is 50.1 Å². The molecule has 0 unspecified atom stereocenters. The summed E-state index contributed by atoms with van der Waals surface area (Å²) < 4.78 is 19.4. The van der Waals surface area contributed by atoms with Gasteiger partial charge in [-0.15, -0.1) is 0 Å². The standard InChI is InChI=1S/C12H7Br2FN2O2/c13-10-5-9(19-11(10)14)6-16-17-12(18)7-2-1-3-8(15)4-7/h1-6H,(H,17,18)/b16-6-. The second-order valence-corrected chi connectivity index (χ2v) is 5.05. The van der Waals surface area contributed by atoms with Crippen LogP contribution in [0, 0.1) is 5.82 Å². The Morgan fingerprint density at radius 2 is 2.16 bits per heavy atom. The van der Waals surface area contributed by atoms with Crippen molar-refractivity contribution in [2.45, 2.75) is 0 Å². The highest BCUT2D eigenvalue weighted by Crippen LogP contribution is 2.25. The number of nitrogens with zero attached hydrogens (tertiary/aromatic N) is 1. The van der Waals surface area contributed by atoms with Gasteiger partial charge in [-0.25, -0.2) is 9.82 Å². The minimum absolute atomic E-state index is 0.193. The van der Waals surface area contributed by atoms with Crippen molar-refractivity contribution in [3.05, 3.63) is 56.6 Å². The van der Waals surface area contributed by atoms with Gasteiger partial charge in [0.2, 0.25) is 0 Å². The SMILES string of the molecule is O=C(N/N=C\c1cc(Br)c(Br)o1)c1cccc(F)c1. The molecule has 1 heterocycles. The summed E-state index contributed by atoms with van der Waals surface area (Å²) >= 11 is 6.43. The van der Waals surface area contributed by atoms with E-state index in [-0.39, 0.29) is 5.56 Å². The average molecular weight is 390 g/mol. The number of hydrogen-bond acceptors (Lipinski definition) is 3. The van der Waals surface area contributed by atoms with Crippen molar-refractivity contribution in [1.29, 1.82) is 0 Å². The van der Waals surface area contributed by atoms with Gasteiger partial charge >= 0.3 is 0 Å². The number of carbonyl (C=O) groups is 1. The molecule has 4 nitrogen and oxygen atoms in total. The molecular formula is C12H7Br2FN2O2. The summed E-state index contributed by atoms with van der Waals surface area (Å²) in [5.41, 5.74) is 2.47. The first kappa shape index (κ1) is 14.0. The number of carbonyl (C=O) groups excluding carboxylic acids is 1. The third kappa shape index (κ3) is 3.74. The fourth-order valence-corrected chi connectivity index (χ4v) is 1.88. The minimum Gasteiger partial charge on any atom is -0.447 e. The Morgan fingerprint density at radius 3 is 2.79 bits per heavy atom. The number of furan rings is 1. The van der Waals surface area contributed by atoms with E-state index >= 15 is 0 Å². The quantitative estimate of drug-likeness (QED) is 0.642. The van der Waals surface area contributed by atoms with Gasteiger partial charge in [0.15, 0.2) is 4.67 Å². The van der Waals surface area contributed by atoms with Crippen LogP contribution in [0.2, 0.25) is 0 Å². The van der Waals surface area contributed by atoms with E-state index in [0.29, 0.717) is 10.4 Å². The van der Waals surface area contributed by atoms with Gasteiger partial charge in [-0.1, -0.05) is 6.07 Å². The molecule has 2 aromatic rings. The van der Waals surface area contributed by atoms with Crippen molar-refractivity contribution in [3.63, 3.8) is 0 Å². The van der Waals surface area contributed by atoms with Gasteiger partial charge in [0.05, 0.1) is 10.7 Å². The minimum atomic E-state index is -0.500. The van der Waals surface area contributed by atoms with E-state index in [9.17, 15) is 9.18 Å². The molecule has 0 aliphatic heterocycles. The lowest BCUT2D eigenvalue weighted by molar-refractivity contribution is 0.0954. The maximum absolute atomic E-state index is 12.9. The second kappa shape index (κ2) is 6.12. The van der Waals surface area contributed by atoms with Crippen molar-refractivity contribution in [2.75, 3.05) is 0 Å². The van der Waals surface area contributed by atoms with E-state index in [2.05, 4.69) is 42.4 Å². The summed E-state index contributed by atoms with van der Waals surface area (Å²) in [4.78, 5) is 11.6. The lowest BCUT2D eigenvalue weighted by atomic mass is 10.2. The van der Waals surface area contributed by atoms with Crippen LogP contribution < -0.4 is 5.43 Å². The van der Waals surface area contributed by atoms with Gasteiger partial charge < -0.3 is 4.42 Å². The first-order valence-corrected chi connectivity index (χ1v) is 6.68. The maximum Gasteiger partial charge on any atom is 0.271 e. The monoisotopic (exact) mass is 388 g/mol. The van der Waals surface area contributed by atoms with E-state index < -0.39 is 11.7 Å². The zero-order chi connectivity index (χ0) is 13.8. The molecule has 2 rings (SSSR count). The molecule has 0 saturated heterocycles. The van der Waals surface area contributed by atoms with Crippen LogP contribution in [0.3, 0.4) is 0 Å².